The average molecular weight is 246 g/mol. The van der Waals surface area contributed by atoms with Gasteiger partial charge in [-0.15, -0.1) is 0 Å². The van der Waals surface area contributed by atoms with Crippen LogP contribution in [-0.4, -0.2) is 5.91 Å². The molecule has 1 aromatic carbocycles. The Hall–Kier alpha value is -2.36. The fourth-order valence-corrected chi connectivity index (χ4v) is 1.36. The maximum absolute atomic E-state index is 12.9. The first-order chi connectivity index (χ1) is 8.58. The smallest absolute Gasteiger partial charge is 0.255 e. The van der Waals surface area contributed by atoms with Gasteiger partial charge in [-0.3, -0.25) is 4.79 Å². The number of amides is 1. The number of carbonyl (C=O) groups is 1. The van der Waals surface area contributed by atoms with E-state index in [4.69, 9.17) is 5.73 Å². The summed E-state index contributed by atoms with van der Waals surface area (Å²) in [4.78, 5) is 11.9. The summed E-state index contributed by atoms with van der Waals surface area (Å²) >= 11 is 0. The Morgan fingerprint density at radius 3 is 2.78 bits per heavy atom. The molecule has 18 heavy (non-hydrogen) atoms. The molecule has 1 rings (SSSR count). The Morgan fingerprint density at radius 1 is 1.50 bits per heavy atom. The van der Waals surface area contributed by atoms with E-state index in [0.29, 0.717) is 11.3 Å². The van der Waals surface area contributed by atoms with Gasteiger partial charge >= 0.3 is 0 Å². The molecule has 94 valence electrons. The van der Waals surface area contributed by atoms with Crippen molar-refractivity contribution in [1.29, 1.82) is 0 Å². The van der Waals surface area contributed by atoms with E-state index in [1.165, 1.54) is 18.2 Å². The minimum absolute atomic E-state index is 0.182. The van der Waals surface area contributed by atoms with Crippen LogP contribution in [0.3, 0.4) is 0 Å². The van der Waals surface area contributed by atoms with Crippen LogP contribution >= 0.6 is 0 Å². The second kappa shape index (κ2) is 6.39. The van der Waals surface area contributed by atoms with Crippen LogP contribution < -0.4 is 11.1 Å². The fraction of sp³-hybridized carbons (Fsp3) is 0.0714. The highest BCUT2D eigenvalue weighted by atomic mass is 19.1. The number of nitrogens with two attached hydrogens (primary N) is 1. The van der Waals surface area contributed by atoms with Crippen molar-refractivity contribution >= 4 is 17.3 Å². The number of halogens is 1. The number of carbonyl (C=O) groups excluding carboxylic acids is 1. The molecule has 0 aromatic heterocycles. The SMILES string of the molecule is C=C/C=C(\C=C/C)C(=O)Nc1ccc(F)cc1N. The van der Waals surface area contributed by atoms with Crippen LogP contribution in [0.5, 0.6) is 0 Å². The van der Waals surface area contributed by atoms with Crippen LogP contribution in [0, 0.1) is 5.82 Å². The number of rotatable bonds is 4. The van der Waals surface area contributed by atoms with Gasteiger partial charge in [0.25, 0.3) is 5.91 Å². The van der Waals surface area contributed by atoms with Crippen molar-refractivity contribution in [3.63, 3.8) is 0 Å². The lowest BCUT2D eigenvalue weighted by atomic mass is 10.2. The van der Waals surface area contributed by atoms with Crippen molar-refractivity contribution in [2.45, 2.75) is 6.92 Å². The Kier molecular flexibility index (Phi) is 4.87. The van der Waals surface area contributed by atoms with Gasteiger partial charge in [-0.25, -0.2) is 4.39 Å². The number of hydrogen-bond donors (Lipinski definition) is 2. The Balaban J connectivity index is 2.92. The number of benzene rings is 1. The van der Waals surface area contributed by atoms with Gasteiger partial charge in [0.15, 0.2) is 0 Å². The van der Waals surface area contributed by atoms with Crippen molar-refractivity contribution in [2.24, 2.45) is 0 Å². The summed E-state index contributed by atoms with van der Waals surface area (Å²) in [6.07, 6.45) is 6.48. The first-order valence-electron chi connectivity index (χ1n) is 5.40. The largest absolute Gasteiger partial charge is 0.397 e. The molecule has 3 N–H and O–H groups in total. The number of anilines is 2. The van der Waals surface area contributed by atoms with E-state index in [1.807, 2.05) is 0 Å². The lowest BCUT2D eigenvalue weighted by Gasteiger charge is -2.08. The molecule has 0 fully saturated rings. The van der Waals surface area contributed by atoms with Gasteiger partial charge in [-0.1, -0.05) is 30.9 Å². The molecule has 0 radical (unpaired) electrons. The topological polar surface area (TPSA) is 55.1 Å². The monoisotopic (exact) mass is 246 g/mol. The molecule has 0 bridgehead atoms. The maximum atomic E-state index is 12.9. The number of hydrogen-bond acceptors (Lipinski definition) is 2. The molecule has 3 nitrogen and oxygen atoms in total. The molecule has 0 heterocycles. The van der Waals surface area contributed by atoms with Gasteiger partial charge in [0, 0.05) is 5.57 Å². The molecule has 0 aliphatic rings. The molecule has 1 amide bonds. The van der Waals surface area contributed by atoms with E-state index in [0.717, 1.165) is 6.07 Å². The van der Waals surface area contributed by atoms with E-state index in [2.05, 4.69) is 11.9 Å². The third-order valence-corrected chi connectivity index (χ3v) is 2.17. The fourth-order valence-electron chi connectivity index (χ4n) is 1.36. The van der Waals surface area contributed by atoms with Crippen LogP contribution in [0.25, 0.3) is 0 Å². The van der Waals surface area contributed by atoms with Crippen LogP contribution in [0.4, 0.5) is 15.8 Å². The van der Waals surface area contributed by atoms with Gasteiger partial charge in [0.05, 0.1) is 11.4 Å². The summed E-state index contributed by atoms with van der Waals surface area (Å²) in [5.74, 6) is -0.771. The highest BCUT2D eigenvalue weighted by Crippen LogP contribution is 2.19. The Morgan fingerprint density at radius 2 is 2.22 bits per heavy atom. The predicted molar refractivity (Wildman–Crippen MR) is 72.5 cm³/mol. The van der Waals surface area contributed by atoms with E-state index < -0.39 is 5.82 Å². The zero-order chi connectivity index (χ0) is 13.5. The lowest BCUT2D eigenvalue weighted by molar-refractivity contribution is -0.112. The van der Waals surface area contributed by atoms with Gasteiger partial charge in [-0.2, -0.15) is 0 Å². The molecule has 0 unspecified atom stereocenters. The van der Waals surface area contributed by atoms with Gasteiger partial charge in [0.2, 0.25) is 0 Å². The van der Waals surface area contributed by atoms with Crippen molar-refractivity contribution in [2.75, 3.05) is 11.1 Å². The first-order valence-corrected chi connectivity index (χ1v) is 5.40. The van der Waals surface area contributed by atoms with Crippen molar-refractivity contribution in [3.05, 3.63) is 60.5 Å². The van der Waals surface area contributed by atoms with Gasteiger partial charge in [-0.05, 0) is 25.1 Å². The van der Waals surface area contributed by atoms with Crippen molar-refractivity contribution in [3.8, 4) is 0 Å². The quantitative estimate of drug-likeness (QED) is 0.487. The Labute approximate surface area is 105 Å². The molecule has 1 aromatic rings. The molecular formula is C14H15FN2O. The van der Waals surface area contributed by atoms with E-state index in [9.17, 15) is 9.18 Å². The zero-order valence-electron chi connectivity index (χ0n) is 10.1. The highest BCUT2D eigenvalue weighted by molar-refractivity contribution is 6.07. The molecule has 0 saturated carbocycles. The third kappa shape index (κ3) is 3.59. The minimum Gasteiger partial charge on any atom is -0.397 e. The first kappa shape index (κ1) is 13.7. The van der Waals surface area contributed by atoms with Crippen LogP contribution in [-0.2, 0) is 4.79 Å². The van der Waals surface area contributed by atoms with Crippen molar-refractivity contribution < 1.29 is 9.18 Å². The molecule has 0 atom stereocenters. The molecule has 0 saturated heterocycles. The van der Waals surface area contributed by atoms with Gasteiger partial charge in [0.1, 0.15) is 5.82 Å². The number of allylic oxidation sites excluding steroid dienone is 3. The minimum atomic E-state index is -0.444. The molecule has 0 spiro atoms. The lowest BCUT2D eigenvalue weighted by Crippen LogP contribution is -2.14. The summed E-state index contributed by atoms with van der Waals surface area (Å²) in [6, 6.07) is 3.81. The van der Waals surface area contributed by atoms with Gasteiger partial charge < -0.3 is 11.1 Å². The standard InChI is InChI=1S/C14H15FN2O/c1-3-5-10(6-4-2)14(18)17-13-8-7-11(15)9-12(13)16/h3-9H,1,16H2,2H3,(H,17,18)/b6-4-,10-5+. The van der Waals surface area contributed by atoms with Crippen LogP contribution in [0.15, 0.2) is 54.7 Å². The summed E-state index contributed by atoms with van der Waals surface area (Å²) in [5, 5.41) is 2.61. The summed E-state index contributed by atoms with van der Waals surface area (Å²) < 4.78 is 12.9. The van der Waals surface area contributed by atoms with E-state index in [1.54, 1.807) is 25.2 Å². The predicted octanol–water partition coefficient (Wildman–Crippen LogP) is 3.03. The highest BCUT2D eigenvalue weighted by Gasteiger charge is 2.08. The zero-order valence-corrected chi connectivity index (χ0v) is 10.1. The third-order valence-electron chi connectivity index (χ3n) is 2.17. The van der Waals surface area contributed by atoms with E-state index >= 15 is 0 Å². The second-order valence-electron chi connectivity index (χ2n) is 3.54. The summed E-state index contributed by atoms with van der Waals surface area (Å²) in [5.41, 5.74) is 6.60. The molecule has 4 heteroatoms. The molecule has 0 aliphatic heterocycles. The summed E-state index contributed by atoms with van der Waals surface area (Å²) in [7, 11) is 0. The van der Waals surface area contributed by atoms with Crippen molar-refractivity contribution in [1.82, 2.24) is 0 Å². The van der Waals surface area contributed by atoms with Crippen LogP contribution in [0.2, 0.25) is 0 Å². The number of nitrogens with one attached hydrogen (secondary N) is 1. The Bertz CT molecular complexity index is 519. The molecular weight excluding hydrogens is 231 g/mol. The number of nitrogen functional groups attached to an aromatic ring is 1. The second-order valence-corrected chi connectivity index (χ2v) is 3.54. The summed E-state index contributed by atoms with van der Waals surface area (Å²) in [6.45, 7) is 5.34. The molecule has 0 aliphatic carbocycles. The van der Waals surface area contributed by atoms with E-state index in [-0.39, 0.29) is 11.6 Å². The van der Waals surface area contributed by atoms with Crippen LogP contribution in [0.1, 0.15) is 6.92 Å². The average Bonchev–Trinajstić information content (AvgIpc) is 2.32. The maximum Gasteiger partial charge on any atom is 0.255 e. The normalized spacial score (nSPS) is 11.6.